The Morgan fingerprint density at radius 3 is 2.14 bits per heavy atom. The van der Waals surface area contributed by atoms with Crippen LogP contribution in [0.25, 0.3) is 0 Å². The minimum Gasteiger partial charge on any atom is -0.398 e. The second-order valence-electron chi connectivity index (χ2n) is 4.35. The maximum absolute atomic E-state index is 12.3. The lowest BCUT2D eigenvalue weighted by molar-refractivity contribution is -0.134. The van der Waals surface area contributed by atoms with Crippen molar-refractivity contribution in [2.45, 2.75) is 16.0 Å². The molecule has 1 aromatic rings. The van der Waals surface area contributed by atoms with E-state index in [0.29, 0.717) is 0 Å². The van der Waals surface area contributed by atoms with Gasteiger partial charge in [-0.15, -0.1) is 0 Å². The predicted molar refractivity (Wildman–Crippen MR) is 69.8 cm³/mol. The zero-order chi connectivity index (χ0) is 16.6. The van der Waals surface area contributed by atoms with Crippen molar-refractivity contribution in [1.82, 2.24) is 4.31 Å². The van der Waals surface area contributed by atoms with Crippen LogP contribution in [0, 0.1) is 0 Å². The highest BCUT2D eigenvalue weighted by Crippen LogP contribution is 2.27. The first-order valence-corrected chi connectivity index (χ1v) is 8.71. The van der Waals surface area contributed by atoms with E-state index in [1.165, 1.54) is 0 Å². The number of sulfonamides is 1. The molecule has 0 aliphatic rings. The number of anilines is 1. The van der Waals surface area contributed by atoms with Crippen LogP contribution in [0.15, 0.2) is 28.0 Å². The Hall–Kier alpha value is -1.33. The van der Waals surface area contributed by atoms with Gasteiger partial charge in [-0.1, -0.05) is 0 Å². The van der Waals surface area contributed by atoms with Gasteiger partial charge in [-0.05, 0) is 18.2 Å². The molecule has 21 heavy (non-hydrogen) atoms. The molecule has 0 aromatic heterocycles. The number of sulfone groups is 1. The van der Waals surface area contributed by atoms with Crippen molar-refractivity contribution in [2.75, 3.05) is 25.6 Å². The molecule has 0 atom stereocenters. The number of nitrogens with two attached hydrogens (primary N) is 1. The van der Waals surface area contributed by atoms with E-state index in [4.69, 9.17) is 5.73 Å². The summed E-state index contributed by atoms with van der Waals surface area (Å²) in [5.74, 6) is 0. The number of rotatable bonds is 4. The van der Waals surface area contributed by atoms with Gasteiger partial charge in [0.05, 0.1) is 10.6 Å². The molecular formula is C10H13F3N2O4S2. The zero-order valence-electron chi connectivity index (χ0n) is 11.0. The second-order valence-corrected chi connectivity index (χ2v) is 8.38. The standard InChI is InChI=1S/C10H13F3N2O4S2/c1-15(6-10(11,12)13)21(18,19)9-5-7(20(2,16)17)3-4-8(9)14/h3-5H,6,14H2,1-2H3. The number of hydrogen-bond donors (Lipinski definition) is 1. The predicted octanol–water partition coefficient (Wildman–Crippen LogP) is 0.855. The fraction of sp³-hybridized carbons (Fsp3) is 0.400. The molecule has 0 fully saturated rings. The molecule has 6 nitrogen and oxygen atoms in total. The van der Waals surface area contributed by atoms with Gasteiger partial charge in [0, 0.05) is 13.3 Å². The van der Waals surface area contributed by atoms with Crippen molar-refractivity contribution in [1.29, 1.82) is 0 Å². The smallest absolute Gasteiger partial charge is 0.398 e. The van der Waals surface area contributed by atoms with Gasteiger partial charge in [0.15, 0.2) is 9.84 Å². The molecule has 1 aromatic carbocycles. The van der Waals surface area contributed by atoms with Crippen molar-refractivity contribution >= 4 is 25.5 Å². The van der Waals surface area contributed by atoms with Gasteiger partial charge in [0.2, 0.25) is 10.0 Å². The van der Waals surface area contributed by atoms with E-state index < -0.39 is 37.5 Å². The average Bonchev–Trinajstić information content (AvgIpc) is 2.25. The first-order valence-electron chi connectivity index (χ1n) is 5.38. The maximum Gasteiger partial charge on any atom is 0.402 e. The summed E-state index contributed by atoms with van der Waals surface area (Å²) >= 11 is 0. The SMILES string of the molecule is CN(CC(F)(F)F)S(=O)(=O)c1cc(S(C)(=O)=O)ccc1N. The van der Waals surface area contributed by atoms with Gasteiger partial charge in [-0.2, -0.15) is 17.5 Å². The third kappa shape index (κ3) is 4.32. The molecule has 0 bridgehead atoms. The lowest BCUT2D eigenvalue weighted by Crippen LogP contribution is -2.36. The van der Waals surface area contributed by atoms with Gasteiger partial charge in [0.1, 0.15) is 11.4 Å². The molecule has 0 spiro atoms. The Morgan fingerprint density at radius 2 is 1.71 bits per heavy atom. The summed E-state index contributed by atoms with van der Waals surface area (Å²) in [5.41, 5.74) is 5.10. The molecule has 0 unspecified atom stereocenters. The molecule has 0 saturated carbocycles. The van der Waals surface area contributed by atoms with Crippen molar-refractivity contribution in [3.8, 4) is 0 Å². The van der Waals surface area contributed by atoms with E-state index in [-0.39, 0.29) is 14.9 Å². The maximum atomic E-state index is 12.3. The monoisotopic (exact) mass is 346 g/mol. The van der Waals surface area contributed by atoms with Gasteiger partial charge in [-0.3, -0.25) is 0 Å². The van der Waals surface area contributed by atoms with Crippen LogP contribution in [-0.2, 0) is 19.9 Å². The molecule has 2 N–H and O–H groups in total. The molecule has 0 radical (unpaired) electrons. The van der Waals surface area contributed by atoms with E-state index in [1.54, 1.807) is 0 Å². The van der Waals surface area contributed by atoms with E-state index >= 15 is 0 Å². The van der Waals surface area contributed by atoms with Crippen molar-refractivity contribution in [3.63, 3.8) is 0 Å². The van der Waals surface area contributed by atoms with Crippen LogP contribution in [0.2, 0.25) is 0 Å². The summed E-state index contributed by atoms with van der Waals surface area (Å²) in [7, 11) is -7.55. The first kappa shape index (κ1) is 17.7. The van der Waals surface area contributed by atoms with E-state index in [9.17, 15) is 30.0 Å². The Bertz CT molecular complexity index is 742. The average molecular weight is 346 g/mol. The Labute approximate surface area is 120 Å². The molecule has 1 rings (SSSR count). The third-order valence-electron chi connectivity index (χ3n) is 2.50. The second kappa shape index (κ2) is 5.46. The van der Waals surface area contributed by atoms with E-state index in [1.807, 2.05) is 0 Å². The summed E-state index contributed by atoms with van der Waals surface area (Å²) in [6, 6.07) is 2.84. The normalized spacial score (nSPS) is 13.6. The quantitative estimate of drug-likeness (QED) is 0.816. The minimum atomic E-state index is -4.73. The lowest BCUT2D eigenvalue weighted by Gasteiger charge is -2.20. The minimum absolute atomic E-state index is 0.0603. The largest absolute Gasteiger partial charge is 0.402 e. The third-order valence-corrected chi connectivity index (χ3v) is 5.47. The number of nitrogens with zero attached hydrogens (tertiary/aromatic N) is 1. The number of alkyl halides is 3. The Morgan fingerprint density at radius 1 is 1.19 bits per heavy atom. The van der Waals surface area contributed by atoms with Crippen molar-refractivity contribution in [3.05, 3.63) is 18.2 Å². The number of halogens is 3. The highest BCUT2D eigenvalue weighted by molar-refractivity contribution is 7.91. The fourth-order valence-corrected chi connectivity index (χ4v) is 3.49. The molecule has 120 valence electrons. The van der Waals surface area contributed by atoms with Crippen LogP contribution in [0.4, 0.5) is 18.9 Å². The fourth-order valence-electron chi connectivity index (χ4n) is 1.47. The highest BCUT2D eigenvalue weighted by atomic mass is 32.2. The molecule has 0 aliphatic carbocycles. The molecule has 0 saturated heterocycles. The van der Waals surface area contributed by atoms with Crippen LogP contribution in [0.1, 0.15) is 0 Å². The summed E-state index contributed by atoms with van der Waals surface area (Å²) in [4.78, 5) is -1.03. The Balaban J connectivity index is 3.38. The molecule has 11 heteroatoms. The zero-order valence-corrected chi connectivity index (χ0v) is 12.7. The molecular weight excluding hydrogens is 333 g/mol. The summed E-state index contributed by atoms with van der Waals surface area (Å²) in [6.07, 6.45) is -3.89. The van der Waals surface area contributed by atoms with Crippen LogP contribution < -0.4 is 5.73 Å². The molecule has 0 heterocycles. The molecule has 0 aliphatic heterocycles. The van der Waals surface area contributed by atoms with Crippen molar-refractivity contribution in [2.24, 2.45) is 0 Å². The van der Waals surface area contributed by atoms with Gasteiger partial charge < -0.3 is 5.73 Å². The van der Waals surface area contributed by atoms with E-state index in [2.05, 4.69) is 0 Å². The Kier molecular flexibility index (Phi) is 4.61. The van der Waals surface area contributed by atoms with Gasteiger partial charge in [0.25, 0.3) is 0 Å². The summed E-state index contributed by atoms with van der Waals surface area (Å²) < 4.78 is 83.8. The topological polar surface area (TPSA) is 97.5 Å². The number of benzene rings is 1. The van der Waals surface area contributed by atoms with Crippen molar-refractivity contribution < 1.29 is 30.0 Å². The number of nitrogen functional groups attached to an aromatic ring is 1. The van der Waals surface area contributed by atoms with Crippen LogP contribution in [0.3, 0.4) is 0 Å². The number of hydrogen-bond acceptors (Lipinski definition) is 5. The van der Waals surface area contributed by atoms with Gasteiger partial charge >= 0.3 is 6.18 Å². The van der Waals surface area contributed by atoms with Gasteiger partial charge in [-0.25, -0.2) is 16.8 Å². The highest BCUT2D eigenvalue weighted by Gasteiger charge is 2.35. The van der Waals surface area contributed by atoms with Crippen LogP contribution >= 0.6 is 0 Å². The summed E-state index contributed by atoms with van der Waals surface area (Å²) in [5, 5.41) is 0. The van der Waals surface area contributed by atoms with Crippen LogP contribution in [-0.4, -0.2) is 47.2 Å². The first-order chi connectivity index (χ1) is 9.25. The van der Waals surface area contributed by atoms with E-state index in [0.717, 1.165) is 31.5 Å². The van der Waals surface area contributed by atoms with Crippen LogP contribution in [0.5, 0.6) is 0 Å². The molecule has 0 amide bonds. The lowest BCUT2D eigenvalue weighted by atomic mass is 10.3. The summed E-state index contributed by atoms with van der Waals surface area (Å²) in [6.45, 7) is -1.71.